The summed E-state index contributed by atoms with van der Waals surface area (Å²) >= 11 is 0. The van der Waals surface area contributed by atoms with Crippen molar-refractivity contribution in [2.24, 2.45) is 10.9 Å². The Kier molecular flexibility index (Phi) is 6.60. The van der Waals surface area contributed by atoms with Crippen LogP contribution in [-0.2, 0) is 0 Å². The highest BCUT2D eigenvalue weighted by molar-refractivity contribution is 5.94. The van der Waals surface area contributed by atoms with Crippen molar-refractivity contribution >= 4 is 6.21 Å². The Hall–Kier alpha value is -2.09. The summed E-state index contributed by atoms with van der Waals surface area (Å²) < 4.78 is 0. The zero-order valence-electron chi connectivity index (χ0n) is 15.3. The summed E-state index contributed by atoms with van der Waals surface area (Å²) in [6.07, 6.45) is 5.37. The molecule has 1 N–H and O–H groups in total. The number of phenolic OH excluding ortho intramolecular Hbond substituents is 1. The molecule has 2 rings (SSSR count). The predicted octanol–water partition coefficient (Wildman–Crippen LogP) is 6.00. The molecule has 2 aromatic carbocycles. The van der Waals surface area contributed by atoms with E-state index in [0.717, 1.165) is 34.6 Å². The van der Waals surface area contributed by atoms with E-state index in [9.17, 15) is 5.11 Å². The van der Waals surface area contributed by atoms with Crippen molar-refractivity contribution in [2.45, 2.75) is 53.0 Å². The average Bonchev–Trinajstić information content (AvgIpc) is 2.56. The van der Waals surface area contributed by atoms with E-state index in [1.807, 2.05) is 37.4 Å². The number of nitrogens with zero attached hydrogens (tertiary/aromatic N) is 1. The van der Waals surface area contributed by atoms with Gasteiger partial charge in [0.1, 0.15) is 5.75 Å². The van der Waals surface area contributed by atoms with Gasteiger partial charge >= 0.3 is 0 Å². The first-order valence-electron chi connectivity index (χ1n) is 8.90. The van der Waals surface area contributed by atoms with Crippen LogP contribution in [0.1, 0.15) is 51.2 Å². The first-order valence-corrected chi connectivity index (χ1v) is 8.90. The lowest BCUT2D eigenvalue weighted by Gasteiger charge is -2.12. The van der Waals surface area contributed by atoms with Crippen molar-refractivity contribution in [1.29, 1.82) is 0 Å². The van der Waals surface area contributed by atoms with Gasteiger partial charge in [-0.3, -0.25) is 4.99 Å². The quantitative estimate of drug-likeness (QED) is 0.623. The van der Waals surface area contributed by atoms with Crippen molar-refractivity contribution in [3.63, 3.8) is 0 Å². The summed E-state index contributed by atoms with van der Waals surface area (Å²) in [4.78, 5) is 4.69. The van der Waals surface area contributed by atoms with Crippen LogP contribution in [0, 0.1) is 12.8 Å². The normalized spacial score (nSPS) is 12.9. The monoisotopic (exact) mass is 323 g/mol. The van der Waals surface area contributed by atoms with Gasteiger partial charge in [0, 0.05) is 17.8 Å². The van der Waals surface area contributed by atoms with Gasteiger partial charge in [0.05, 0.1) is 0 Å². The Bertz CT molecular complexity index is 674. The molecule has 0 saturated carbocycles. The SMILES string of the molecule is Cc1ccc(-c2ccccc2)c(C=NC(C)CCCC(C)C)c1O. The summed E-state index contributed by atoms with van der Waals surface area (Å²) in [7, 11) is 0. The van der Waals surface area contributed by atoms with Crippen LogP contribution in [0.3, 0.4) is 0 Å². The minimum atomic E-state index is 0.271. The minimum absolute atomic E-state index is 0.271. The van der Waals surface area contributed by atoms with E-state index < -0.39 is 0 Å². The zero-order valence-corrected chi connectivity index (χ0v) is 15.3. The molecule has 0 saturated heterocycles. The maximum Gasteiger partial charge on any atom is 0.127 e. The van der Waals surface area contributed by atoms with Crippen LogP contribution in [0.5, 0.6) is 5.75 Å². The number of phenols is 1. The Morgan fingerprint density at radius 2 is 1.71 bits per heavy atom. The lowest BCUT2D eigenvalue weighted by atomic mass is 9.97. The average molecular weight is 323 g/mol. The minimum Gasteiger partial charge on any atom is -0.507 e. The van der Waals surface area contributed by atoms with Gasteiger partial charge in [0.25, 0.3) is 0 Å². The van der Waals surface area contributed by atoms with Gasteiger partial charge in [-0.25, -0.2) is 0 Å². The Labute approximate surface area is 146 Å². The predicted molar refractivity (Wildman–Crippen MR) is 104 cm³/mol. The fraction of sp³-hybridized carbons (Fsp3) is 0.409. The van der Waals surface area contributed by atoms with E-state index in [4.69, 9.17) is 4.99 Å². The van der Waals surface area contributed by atoms with Crippen LogP contribution in [-0.4, -0.2) is 17.4 Å². The van der Waals surface area contributed by atoms with Crippen LogP contribution in [0.15, 0.2) is 47.5 Å². The number of aliphatic imine (C=N–C) groups is 1. The van der Waals surface area contributed by atoms with Crippen LogP contribution >= 0.6 is 0 Å². The van der Waals surface area contributed by atoms with E-state index in [1.54, 1.807) is 0 Å². The second-order valence-corrected chi connectivity index (χ2v) is 7.01. The summed E-state index contributed by atoms with van der Waals surface area (Å²) in [5.74, 6) is 1.07. The second-order valence-electron chi connectivity index (χ2n) is 7.01. The van der Waals surface area contributed by atoms with Gasteiger partial charge in [-0.1, -0.05) is 69.2 Å². The van der Waals surface area contributed by atoms with Crippen LogP contribution in [0.4, 0.5) is 0 Å². The summed E-state index contributed by atoms with van der Waals surface area (Å²) in [5.41, 5.74) is 3.82. The molecule has 0 aliphatic rings. The number of hydrogen-bond donors (Lipinski definition) is 1. The van der Waals surface area contributed by atoms with E-state index >= 15 is 0 Å². The maximum absolute atomic E-state index is 10.5. The molecule has 0 aliphatic heterocycles. The molecule has 0 aliphatic carbocycles. The first-order chi connectivity index (χ1) is 11.5. The summed E-state index contributed by atoms with van der Waals surface area (Å²) in [6.45, 7) is 8.58. The first kappa shape index (κ1) is 18.3. The van der Waals surface area contributed by atoms with E-state index in [-0.39, 0.29) is 6.04 Å². The lowest BCUT2D eigenvalue weighted by Crippen LogP contribution is -2.01. The molecule has 0 amide bonds. The third kappa shape index (κ3) is 4.95. The number of benzene rings is 2. The standard InChI is InChI=1S/C22H29NO/c1-16(2)9-8-10-18(4)23-15-21-20(14-13-17(3)22(21)24)19-11-6-5-7-12-19/h5-7,11-16,18,24H,8-10H2,1-4H3. The largest absolute Gasteiger partial charge is 0.507 e. The molecular formula is C22H29NO. The summed E-state index contributed by atoms with van der Waals surface area (Å²) in [5, 5.41) is 10.5. The van der Waals surface area contributed by atoms with E-state index in [2.05, 4.69) is 39.0 Å². The molecule has 24 heavy (non-hydrogen) atoms. The molecule has 1 unspecified atom stereocenters. The molecular weight excluding hydrogens is 294 g/mol. The Balaban J connectivity index is 2.22. The molecule has 0 fully saturated rings. The Morgan fingerprint density at radius 1 is 1.00 bits per heavy atom. The third-order valence-electron chi connectivity index (χ3n) is 4.37. The molecule has 0 aromatic heterocycles. The highest BCUT2D eigenvalue weighted by Crippen LogP contribution is 2.31. The highest BCUT2D eigenvalue weighted by Gasteiger charge is 2.11. The van der Waals surface area contributed by atoms with Crippen molar-refractivity contribution in [2.75, 3.05) is 0 Å². The fourth-order valence-electron chi connectivity index (χ4n) is 2.81. The zero-order chi connectivity index (χ0) is 17.5. The molecule has 0 bridgehead atoms. The molecule has 2 heteroatoms. The van der Waals surface area contributed by atoms with Gasteiger partial charge in [-0.2, -0.15) is 0 Å². The molecule has 0 radical (unpaired) electrons. The number of rotatable bonds is 7. The molecule has 0 spiro atoms. The second kappa shape index (κ2) is 8.68. The third-order valence-corrected chi connectivity index (χ3v) is 4.37. The molecule has 128 valence electrons. The van der Waals surface area contributed by atoms with Crippen molar-refractivity contribution in [3.05, 3.63) is 53.6 Å². The van der Waals surface area contributed by atoms with Crippen LogP contribution in [0.2, 0.25) is 0 Å². The van der Waals surface area contributed by atoms with Crippen LogP contribution in [0.25, 0.3) is 11.1 Å². The fourth-order valence-corrected chi connectivity index (χ4v) is 2.81. The van der Waals surface area contributed by atoms with E-state index in [1.165, 1.54) is 12.8 Å². The number of hydrogen-bond acceptors (Lipinski definition) is 2. The smallest absolute Gasteiger partial charge is 0.127 e. The molecule has 0 heterocycles. The number of aryl methyl sites for hydroxylation is 1. The number of aromatic hydroxyl groups is 1. The highest BCUT2D eigenvalue weighted by atomic mass is 16.3. The van der Waals surface area contributed by atoms with Gasteiger partial charge in [-0.15, -0.1) is 0 Å². The lowest BCUT2D eigenvalue weighted by molar-refractivity contribution is 0.470. The van der Waals surface area contributed by atoms with Gasteiger partial charge in [0.2, 0.25) is 0 Å². The molecule has 2 nitrogen and oxygen atoms in total. The van der Waals surface area contributed by atoms with Gasteiger partial charge in [0.15, 0.2) is 0 Å². The van der Waals surface area contributed by atoms with Crippen LogP contribution < -0.4 is 0 Å². The summed E-state index contributed by atoms with van der Waals surface area (Å²) in [6, 6.07) is 14.5. The topological polar surface area (TPSA) is 32.6 Å². The van der Waals surface area contributed by atoms with Crippen molar-refractivity contribution in [1.82, 2.24) is 0 Å². The van der Waals surface area contributed by atoms with Gasteiger partial charge < -0.3 is 5.11 Å². The molecule has 2 aromatic rings. The molecule has 1 atom stereocenters. The van der Waals surface area contributed by atoms with Gasteiger partial charge in [-0.05, 0) is 42.9 Å². The maximum atomic E-state index is 10.5. The Morgan fingerprint density at radius 3 is 2.38 bits per heavy atom. The van der Waals surface area contributed by atoms with Crippen molar-refractivity contribution in [3.8, 4) is 16.9 Å². The van der Waals surface area contributed by atoms with Crippen molar-refractivity contribution < 1.29 is 5.11 Å². The van der Waals surface area contributed by atoms with E-state index in [0.29, 0.717) is 5.75 Å².